The van der Waals surface area contributed by atoms with Crippen molar-refractivity contribution < 1.29 is 14.8 Å². The Kier molecular flexibility index (Phi) is 3.11. The second kappa shape index (κ2) is 4.72. The Labute approximate surface area is 122 Å². The lowest BCUT2D eigenvalue weighted by molar-refractivity contribution is -0.384. The molecule has 0 radical (unpaired) electrons. The summed E-state index contributed by atoms with van der Waals surface area (Å²) in [6.45, 7) is 2.68. The van der Waals surface area contributed by atoms with Gasteiger partial charge < -0.3 is 10.0 Å². The zero-order valence-corrected chi connectivity index (χ0v) is 11.9. The van der Waals surface area contributed by atoms with Crippen molar-refractivity contribution in [1.29, 1.82) is 0 Å². The summed E-state index contributed by atoms with van der Waals surface area (Å²) in [7, 11) is 0. The third-order valence-electron chi connectivity index (χ3n) is 5.04. The first kappa shape index (κ1) is 13.9. The predicted octanol–water partition coefficient (Wildman–Crippen LogP) is 2.59. The Morgan fingerprint density at radius 1 is 1.52 bits per heavy atom. The molecule has 6 nitrogen and oxygen atoms in total. The molecule has 1 N–H and O–H groups in total. The van der Waals surface area contributed by atoms with Gasteiger partial charge in [0.25, 0.3) is 5.69 Å². The molecule has 2 fully saturated rings. The predicted molar refractivity (Wildman–Crippen MR) is 77.5 cm³/mol. The van der Waals surface area contributed by atoms with Crippen LogP contribution >= 0.6 is 0 Å². The highest BCUT2D eigenvalue weighted by atomic mass is 16.6. The van der Waals surface area contributed by atoms with Gasteiger partial charge in [0, 0.05) is 18.7 Å². The number of carboxylic acid groups (broad SMARTS) is 1. The van der Waals surface area contributed by atoms with Gasteiger partial charge in [-0.05, 0) is 31.7 Å². The minimum atomic E-state index is -0.761. The molecule has 1 aromatic carbocycles. The summed E-state index contributed by atoms with van der Waals surface area (Å²) in [6.07, 6.45) is 2.49. The first-order valence-corrected chi connectivity index (χ1v) is 7.18. The van der Waals surface area contributed by atoms with Gasteiger partial charge in [-0.3, -0.25) is 14.9 Å². The van der Waals surface area contributed by atoms with E-state index in [-0.39, 0.29) is 16.5 Å². The van der Waals surface area contributed by atoms with Crippen molar-refractivity contribution >= 4 is 17.3 Å². The minimum Gasteiger partial charge on any atom is -0.481 e. The largest absolute Gasteiger partial charge is 0.481 e. The lowest BCUT2D eigenvalue weighted by Gasteiger charge is -2.24. The number of carboxylic acids is 1. The quantitative estimate of drug-likeness (QED) is 0.683. The summed E-state index contributed by atoms with van der Waals surface area (Å²) < 4.78 is 0. The van der Waals surface area contributed by atoms with Crippen molar-refractivity contribution in [2.75, 3.05) is 18.0 Å². The van der Waals surface area contributed by atoms with E-state index in [0.717, 1.165) is 12.8 Å². The van der Waals surface area contributed by atoms with E-state index in [0.29, 0.717) is 30.8 Å². The number of aryl methyl sites for hydroxylation is 1. The second-order valence-corrected chi connectivity index (χ2v) is 6.13. The Bertz CT molecular complexity index is 616. The summed E-state index contributed by atoms with van der Waals surface area (Å²) in [5.41, 5.74) is 0.532. The molecule has 0 aromatic heterocycles. The number of rotatable bonds is 3. The smallest absolute Gasteiger partial charge is 0.311 e. The maximum Gasteiger partial charge on any atom is 0.311 e. The van der Waals surface area contributed by atoms with Crippen LogP contribution in [0.3, 0.4) is 0 Å². The number of fused-ring (bicyclic) bond motifs is 1. The molecule has 0 bridgehead atoms. The standard InChI is InChI=1S/C15H18N2O4/c1-10-4-2-6-12(13(10)17(20)21)16-8-11-5-3-7-15(11,9-16)14(18)19/h2,4,6,11H,3,5,7-9H2,1H3,(H,18,19)/t11-,15+/m0/s1. The van der Waals surface area contributed by atoms with Gasteiger partial charge in [0.2, 0.25) is 0 Å². The molecule has 2 atom stereocenters. The van der Waals surface area contributed by atoms with Gasteiger partial charge in [-0.2, -0.15) is 0 Å². The van der Waals surface area contributed by atoms with E-state index in [4.69, 9.17) is 0 Å². The number of hydrogen-bond acceptors (Lipinski definition) is 4. The van der Waals surface area contributed by atoms with E-state index in [9.17, 15) is 20.0 Å². The van der Waals surface area contributed by atoms with E-state index < -0.39 is 11.4 Å². The van der Waals surface area contributed by atoms with Gasteiger partial charge in [-0.1, -0.05) is 18.6 Å². The molecule has 1 saturated heterocycles. The van der Waals surface area contributed by atoms with Gasteiger partial charge in [-0.25, -0.2) is 0 Å². The van der Waals surface area contributed by atoms with Gasteiger partial charge in [0.05, 0.1) is 10.3 Å². The summed E-state index contributed by atoms with van der Waals surface area (Å²) in [5.74, 6) is -0.669. The van der Waals surface area contributed by atoms with Crippen molar-refractivity contribution in [3.05, 3.63) is 33.9 Å². The van der Waals surface area contributed by atoms with Gasteiger partial charge in [0.1, 0.15) is 5.69 Å². The summed E-state index contributed by atoms with van der Waals surface area (Å²) in [6, 6.07) is 5.23. The van der Waals surface area contributed by atoms with Crippen molar-refractivity contribution in [1.82, 2.24) is 0 Å². The Hall–Kier alpha value is -2.11. The first-order valence-electron chi connectivity index (χ1n) is 7.18. The number of nitrogens with zero attached hydrogens (tertiary/aromatic N) is 2. The van der Waals surface area contributed by atoms with Crippen LogP contribution in [0.4, 0.5) is 11.4 Å². The van der Waals surface area contributed by atoms with Crippen LogP contribution in [-0.2, 0) is 4.79 Å². The van der Waals surface area contributed by atoms with E-state index >= 15 is 0 Å². The highest BCUT2D eigenvalue weighted by molar-refractivity contribution is 5.79. The van der Waals surface area contributed by atoms with Crippen molar-refractivity contribution in [3.8, 4) is 0 Å². The van der Waals surface area contributed by atoms with Crippen LogP contribution in [-0.4, -0.2) is 29.1 Å². The average molecular weight is 290 g/mol. The number of carbonyl (C=O) groups is 1. The van der Waals surface area contributed by atoms with E-state index in [1.54, 1.807) is 25.1 Å². The molecule has 1 aliphatic carbocycles. The lowest BCUT2D eigenvalue weighted by atomic mass is 9.81. The monoisotopic (exact) mass is 290 g/mol. The van der Waals surface area contributed by atoms with Crippen molar-refractivity contribution in [2.45, 2.75) is 26.2 Å². The lowest BCUT2D eigenvalue weighted by Crippen LogP contribution is -2.35. The molecular weight excluding hydrogens is 272 g/mol. The molecule has 0 unspecified atom stereocenters. The van der Waals surface area contributed by atoms with Crippen LogP contribution < -0.4 is 4.90 Å². The molecule has 1 aliphatic heterocycles. The fourth-order valence-corrected chi connectivity index (χ4v) is 3.96. The van der Waals surface area contributed by atoms with E-state index in [1.807, 2.05) is 4.90 Å². The molecule has 0 spiro atoms. The maximum atomic E-state index is 11.7. The molecule has 6 heteroatoms. The first-order chi connectivity index (χ1) is 9.95. The molecular formula is C15H18N2O4. The number of anilines is 1. The molecule has 1 heterocycles. The van der Waals surface area contributed by atoms with Gasteiger partial charge in [0.15, 0.2) is 0 Å². The Morgan fingerprint density at radius 2 is 2.29 bits per heavy atom. The molecule has 1 aromatic rings. The number of nitro benzene ring substituents is 1. The SMILES string of the molecule is Cc1cccc(N2C[C@@H]3CCC[C@@]3(C(=O)O)C2)c1[N+](=O)[O-]. The van der Waals surface area contributed by atoms with E-state index in [2.05, 4.69) is 0 Å². The molecule has 112 valence electrons. The zero-order valence-electron chi connectivity index (χ0n) is 11.9. The highest BCUT2D eigenvalue weighted by Crippen LogP contribution is 2.51. The van der Waals surface area contributed by atoms with Crippen molar-refractivity contribution in [2.24, 2.45) is 11.3 Å². The third kappa shape index (κ3) is 1.97. The normalized spacial score (nSPS) is 27.7. The van der Waals surface area contributed by atoms with Crippen LogP contribution in [0.2, 0.25) is 0 Å². The van der Waals surface area contributed by atoms with Crippen LogP contribution in [0.15, 0.2) is 18.2 Å². The van der Waals surface area contributed by atoms with E-state index in [1.165, 1.54) is 0 Å². The third-order valence-corrected chi connectivity index (χ3v) is 5.04. The molecule has 0 amide bonds. The highest BCUT2D eigenvalue weighted by Gasteiger charge is 2.55. The molecule has 2 aliphatic rings. The Balaban J connectivity index is 1.99. The number of hydrogen-bond donors (Lipinski definition) is 1. The van der Waals surface area contributed by atoms with Crippen LogP contribution in [0.25, 0.3) is 0 Å². The van der Waals surface area contributed by atoms with Crippen molar-refractivity contribution in [3.63, 3.8) is 0 Å². The van der Waals surface area contributed by atoms with Crippen LogP contribution in [0, 0.1) is 28.4 Å². The topological polar surface area (TPSA) is 83.7 Å². The fraction of sp³-hybridized carbons (Fsp3) is 0.533. The fourth-order valence-electron chi connectivity index (χ4n) is 3.96. The minimum absolute atomic E-state index is 0.0927. The zero-order chi connectivity index (χ0) is 15.2. The molecule has 3 rings (SSSR count). The number of nitro groups is 1. The second-order valence-electron chi connectivity index (χ2n) is 6.13. The number of para-hydroxylation sites is 1. The maximum absolute atomic E-state index is 11.7. The number of aliphatic carboxylic acids is 1. The number of benzene rings is 1. The molecule has 1 saturated carbocycles. The van der Waals surface area contributed by atoms with Gasteiger partial charge >= 0.3 is 5.97 Å². The van der Waals surface area contributed by atoms with Gasteiger partial charge in [-0.15, -0.1) is 0 Å². The van der Waals surface area contributed by atoms with Crippen LogP contribution in [0.1, 0.15) is 24.8 Å². The summed E-state index contributed by atoms with van der Waals surface area (Å²) in [5, 5.41) is 20.9. The average Bonchev–Trinajstić information content (AvgIpc) is 2.95. The summed E-state index contributed by atoms with van der Waals surface area (Å²) >= 11 is 0. The summed E-state index contributed by atoms with van der Waals surface area (Å²) in [4.78, 5) is 24.6. The Morgan fingerprint density at radius 3 is 2.90 bits per heavy atom. The van der Waals surface area contributed by atoms with Crippen LogP contribution in [0.5, 0.6) is 0 Å². The molecule has 21 heavy (non-hydrogen) atoms.